The van der Waals surface area contributed by atoms with Gasteiger partial charge in [0.05, 0.1) is 16.8 Å². The summed E-state index contributed by atoms with van der Waals surface area (Å²) in [5.74, 6) is 0. The first kappa shape index (κ1) is 37.3. The van der Waals surface area contributed by atoms with Gasteiger partial charge in [-0.3, -0.25) is 0 Å². The number of hydrogen-bond acceptors (Lipinski definition) is 2. The number of fused-ring (bicyclic) bond motifs is 6. The molecule has 12 rings (SSSR count). The molecule has 0 bridgehead atoms. The van der Waals surface area contributed by atoms with E-state index in [-0.39, 0.29) is 0 Å². The number of para-hydroxylation sites is 1. The van der Waals surface area contributed by atoms with Gasteiger partial charge in [-0.25, -0.2) is 0 Å². The molecular formula is C62H41NO. The van der Waals surface area contributed by atoms with Gasteiger partial charge in [0.1, 0.15) is 11.2 Å². The van der Waals surface area contributed by atoms with Gasteiger partial charge in [0, 0.05) is 22.2 Å². The standard InChI is InChI=1S/C62H41NO/c1-4-16-42(17-5-1)44-28-30-45(31-29-44)46-32-35-50(36-33-46)63(58-38-34-48(43-18-6-2-7-19-43)40-56(58)47-20-8-3-9-21-47)59-39-37-54(62-61(59)55-26-14-15-27-60(55)64-62)57-41-49-22-10-11-23-51(49)52-24-12-13-25-53(52)57/h1-41H. The Labute approximate surface area is 372 Å². The Bertz CT molecular complexity index is 3630. The van der Waals surface area contributed by atoms with Gasteiger partial charge in [-0.1, -0.05) is 200 Å². The molecule has 0 unspecified atom stereocenters. The molecule has 0 fully saturated rings. The fourth-order valence-corrected chi connectivity index (χ4v) is 9.57. The van der Waals surface area contributed by atoms with Gasteiger partial charge in [0.25, 0.3) is 0 Å². The number of nitrogens with zero attached hydrogens (tertiary/aromatic N) is 1. The van der Waals surface area contributed by atoms with E-state index < -0.39 is 0 Å². The minimum atomic E-state index is 0.855. The van der Waals surface area contributed by atoms with Crippen LogP contribution in [0.5, 0.6) is 0 Å². The lowest BCUT2D eigenvalue weighted by atomic mass is 9.91. The third-order valence-electron chi connectivity index (χ3n) is 12.7. The molecule has 0 N–H and O–H groups in total. The molecule has 0 radical (unpaired) electrons. The van der Waals surface area contributed by atoms with Crippen LogP contribution in [-0.4, -0.2) is 0 Å². The molecule has 0 aliphatic carbocycles. The zero-order chi connectivity index (χ0) is 42.4. The van der Waals surface area contributed by atoms with E-state index in [1.165, 1.54) is 43.8 Å². The van der Waals surface area contributed by atoms with Crippen LogP contribution in [0.3, 0.4) is 0 Å². The molecule has 0 atom stereocenters. The van der Waals surface area contributed by atoms with Crippen molar-refractivity contribution < 1.29 is 4.42 Å². The molecule has 2 nitrogen and oxygen atoms in total. The highest BCUT2D eigenvalue weighted by Gasteiger charge is 2.25. The van der Waals surface area contributed by atoms with E-state index >= 15 is 0 Å². The van der Waals surface area contributed by atoms with E-state index in [1.54, 1.807) is 0 Å². The number of rotatable bonds is 8. The van der Waals surface area contributed by atoms with Crippen molar-refractivity contribution in [1.82, 2.24) is 0 Å². The van der Waals surface area contributed by atoms with Crippen LogP contribution in [0.4, 0.5) is 17.1 Å². The second kappa shape index (κ2) is 15.8. The van der Waals surface area contributed by atoms with E-state index in [9.17, 15) is 0 Å². The van der Waals surface area contributed by atoms with Gasteiger partial charge in [-0.05, 0) is 115 Å². The first-order valence-electron chi connectivity index (χ1n) is 21.9. The van der Waals surface area contributed by atoms with E-state index in [0.717, 1.165) is 72.4 Å². The molecule has 0 amide bonds. The number of hydrogen-bond donors (Lipinski definition) is 0. The average molecular weight is 816 g/mol. The minimum absolute atomic E-state index is 0.855. The van der Waals surface area contributed by atoms with Crippen LogP contribution in [0.15, 0.2) is 253 Å². The summed E-state index contributed by atoms with van der Waals surface area (Å²) < 4.78 is 7.05. The predicted octanol–water partition coefficient (Wildman–Crippen LogP) is 17.7. The summed E-state index contributed by atoms with van der Waals surface area (Å²) in [5.41, 5.74) is 16.4. The minimum Gasteiger partial charge on any atom is -0.455 e. The van der Waals surface area contributed by atoms with E-state index in [0.29, 0.717) is 0 Å². The molecule has 0 saturated heterocycles. The van der Waals surface area contributed by atoms with Gasteiger partial charge < -0.3 is 9.32 Å². The molecule has 0 saturated carbocycles. The highest BCUT2D eigenvalue weighted by molar-refractivity contribution is 6.21. The molecule has 0 aliphatic rings. The first-order valence-corrected chi connectivity index (χ1v) is 21.9. The molecular weight excluding hydrogens is 775 g/mol. The van der Waals surface area contributed by atoms with Crippen molar-refractivity contribution >= 4 is 60.5 Å². The summed E-state index contributed by atoms with van der Waals surface area (Å²) >= 11 is 0. The van der Waals surface area contributed by atoms with Crippen molar-refractivity contribution in [2.45, 2.75) is 0 Å². The van der Waals surface area contributed by atoms with Gasteiger partial charge in [-0.2, -0.15) is 0 Å². The van der Waals surface area contributed by atoms with Gasteiger partial charge >= 0.3 is 0 Å². The van der Waals surface area contributed by atoms with Crippen LogP contribution in [0, 0.1) is 0 Å². The smallest absolute Gasteiger partial charge is 0.145 e. The quantitative estimate of drug-likeness (QED) is 0.142. The third kappa shape index (κ3) is 6.52. The monoisotopic (exact) mass is 815 g/mol. The van der Waals surface area contributed by atoms with E-state index in [1.807, 2.05) is 0 Å². The lowest BCUT2D eigenvalue weighted by Crippen LogP contribution is -2.12. The normalized spacial score (nSPS) is 11.4. The van der Waals surface area contributed by atoms with Crippen molar-refractivity contribution in [3.63, 3.8) is 0 Å². The van der Waals surface area contributed by atoms with Crippen LogP contribution < -0.4 is 4.90 Å². The summed E-state index contributed by atoms with van der Waals surface area (Å²) in [6.45, 7) is 0. The molecule has 1 heterocycles. The SMILES string of the molecule is c1ccc(-c2ccc(-c3ccc(N(c4ccc(-c5ccccc5)cc4-c4ccccc4)c4ccc(-c5cc6ccccc6c6ccccc56)c5oc6ccccc6c45)cc3)cc2)cc1. The van der Waals surface area contributed by atoms with Crippen molar-refractivity contribution in [1.29, 1.82) is 0 Å². The Balaban J connectivity index is 1.10. The van der Waals surface area contributed by atoms with E-state index in [2.05, 4.69) is 254 Å². The number of anilines is 3. The van der Waals surface area contributed by atoms with Gasteiger partial charge in [0.15, 0.2) is 0 Å². The maximum Gasteiger partial charge on any atom is 0.145 e. The summed E-state index contributed by atoms with van der Waals surface area (Å²) in [6, 6.07) is 89.6. The molecule has 1 aromatic heterocycles. The van der Waals surface area contributed by atoms with Gasteiger partial charge in [-0.15, -0.1) is 0 Å². The first-order chi connectivity index (χ1) is 31.7. The maximum absolute atomic E-state index is 7.05. The Hall–Kier alpha value is -8.46. The maximum atomic E-state index is 7.05. The Morgan fingerprint density at radius 1 is 0.281 bits per heavy atom. The van der Waals surface area contributed by atoms with Gasteiger partial charge in [0.2, 0.25) is 0 Å². The Morgan fingerprint density at radius 2 is 0.766 bits per heavy atom. The summed E-state index contributed by atoms with van der Waals surface area (Å²) in [4.78, 5) is 2.44. The van der Waals surface area contributed by atoms with Crippen molar-refractivity contribution in [2.24, 2.45) is 0 Å². The summed E-state index contributed by atoms with van der Waals surface area (Å²) in [7, 11) is 0. The molecule has 2 heteroatoms. The van der Waals surface area contributed by atoms with Crippen LogP contribution in [0.1, 0.15) is 0 Å². The zero-order valence-electron chi connectivity index (χ0n) is 35.0. The lowest BCUT2D eigenvalue weighted by Gasteiger charge is -2.29. The molecule has 0 aliphatic heterocycles. The Kier molecular flexibility index (Phi) is 9.20. The second-order valence-electron chi connectivity index (χ2n) is 16.4. The largest absolute Gasteiger partial charge is 0.455 e. The highest BCUT2D eigenvalue weighted by Crippen LogP contribution is 2.50. The van der Waals surface area contributed by atoms with Crippen molar-refractivity contribution in [3.05, 3.63) is 249 Å². The Morgan fingerprint density at radius 3 is 1.44 bits per heavy atom. The topological polar surface area (TPSA) is 16.4 Å². The number of benzene rings is 11. The third-order valence-corrected chi connectivity index (χ3v) is 12.7. The van der Waals surface area contributed by atoms with Crippen LogP contribution in [-0.2, 0) is 0 Å². The fraction of sp³-hybridized carbons (Fsp3) is 0. The molecule has 64 heavy (non-hydrogen) atoms. The van der Waals surface area contributed by atoms with Crippen LogP contribution in [0.2, 0.25) is 0 Å². The summed E-state index contributed by atoms with van der Waals surface area (Å²) in [6.07, 6.45) is 0. The van der Waals surface area contributed by atoms with E-state index in [4.69, 9.17) is 4.42 Å². The van der Waals surface area contributed by atoms with Crippen molar-refractivity contribution in [3.8, 4) is 55.6 Å². The molecule has 12 aromatic rings. The average Bonchev–Trinajstić information content (AvgIpc) is 3.78. The van der Waals surface area contributed by atoms with Crippen molar-refractivity contribution in [2.75, 3.05) is 4.90 Å². The molecule has 0 spiro atoms. The highest BCUT2D eigenvalue weighted by atomic mass is 16.3. The lowest BCUT2D eigenvalue weighted by molar-refractivity contribution is 0.670. The molecule has 11 aromatic carbocycles. The molecule has 300 valence electrons. The number of furan rings is 1. The van der Waals surface area contributed by atoms with Crippen LogP contribution in [0.25, 0.3) is 99.1 Å². The fourth-order valence-electron chi connectivity index (χ4n) is 9.57. The predicted molar refractivity (Wildman–Crippen MR) is 271 cm³/mol. The van der Waals surface area contributed by atoms with Crippen LogP contribution >= 0.6 is 0 Å². The zero-order valence-corrected chi connectivity index (χ0v) is 35.0. The second-order valence-corrected chi connectivity index (χ2v) is 16.4. The summed E-state index contributed by atoms with van der Waals surface area (Å²) in [5, 5.41) is 7.01.